The number of amides is 1. The zero-order valence-electron chi connectivity index (χ0n) is 13.5. The van der Waals surface area contributed by atoms with E-state index in [9.17, 15) is 4.79 Å². The minimum atomic E-state index is -0.322. The highest BCUT2D eigenvalue weighted by molar-refractivity contribution is 5.93. The molecule has 1 aromatic carbocycles. The number of methoxy groups -OCH3 is 1. The normalized spacial score (nSPS) is 10.8. The number of ether oxygens (including phenoxy) is 1. The molecule has 0 radical (unpaired) electrons. The summed E-state index contributed by atoms with van der Waals surface area (Å²) < 4.78 is 12.0. The van der Waals surface area contributed by atoms with Crippen molar-refractivity contribution in [1.82, 2.24) is 20.3 Å². The number of carbonyl (C=O) groups is 1. The van der Waals surface area contributed by atoms with Gasteiger partial charge < -0.3 is 14.5 Å². The number of aromatic nitrogens is 3. The molecule has 0 unspecified atom stereocenters. The van der Waals surface area contributed by atoms with E-state index in [0.717, 1.165) is 11.3 Å². The molecule has 3 aromatic rings. The van der Waals surface area contributed by atoms with Crippen LogP contribution in [-0.4, -0.2) is 28.0 Å². The number of aryl methyl sites for hydroxylation is 1. The van der Waals surface area contributed by atoms with E-state index in [0.29, 0.717) is 11.5 Å². The van der Waals surface area contributed by atoms with Gasteiger partial charge in [-0.15, -0.1) is 5.10 Å². The zero-order valence-corrected chi connectivity index (χ0v) is 13.5. The Labute approximate surface area is 139 Å². The molecule has 0 bridgehead atoms. The lowest BCUT2D eigenvalue weighted by Gasteiger charge is -2.08. The first kappa shape index (κ1) is 15.9. The number of furan rings is 1. The van der Waals surface area contributed by atoms with Crippen molar-refractivity contribution >= 4 is 5.91 Å². The van der Waals surface area contributed by atoms with Crippen molar-refractivity contribution in [2.45, 2.75) is 20.1 Å². The summed E-state index contributed by atoms with van der Waals surface area (Å²) in [4.78, 5) is 12.4. The van der Waals surface area contributed by atoms with E-state index in [4.69, 9.17) is 9.15 Å². The van der Waals surface area contributed by atoms with Crippen molar-refractivity contribution in [2.24, 2.45) is 0 Å². The molecule has 0 aliphatic rings. The average Bonchev–Trinajstić information content (AvgIpc) is 3.24. The summed E-state index contributed by atoms with van der Waals surface area (Å²) in [6, 6.07) is 11.4. The molecule has 3 rings (SSSR count). The SMILES string of the molecule is COCc1c(C(=O)NCc2ccco2)nnn1-c1ccc(C)cc1. The van der Waals surface area contributed by atoms with Gasteiger partial charge in [0.2, 0.25) is 0 Å². The van der Waals surface area contributed by atoms with Gasteiger partial charge in [0.15, 0.2) is 5.69 Å². The van der Waals surface area contributed by atoms with E-state index in [1.165, 1.54) is 0 Å². The summed E-state index contributed by atoms with van der Waals surface area (Å²) in [5.74, 6) is 0.347. The van der Waals surface area contributed by atoms with Gasteiger partial charge in [0.1, 0.15) is 11.5 Å². The lowest BCUT2D eigenvalue weighted by molar-refractivity contribution is 0.0937. The molecule has 0 aliphatic heterocycles. The Morgan fingerprint density at radius 1 is 1.29 bits per heavy atom. The lowest BCUT2D eigenvalue weighted by atomic mass is 10.2. The smallest absolute Gasteiger partial charge is 0.274 e. The number of benzene rings is 1. The minimum Gasteiger partial charge on any atom is -0.467 e. The summed E-state index contributed by atoms with van der Waals surface area (Å²) in [7, 11) is 1.57. The molecule has 7 nitrogen and oxygen atoms in total. The van der Waals surface area contributed by atoms with Gasteiger partial charge in [-0.2, -0.15) is 0 Å². The van der Waals surface area contributed by atoms with Crippen molar-refractivity contribution in [3.8, 4) is 5.69 Å². The fraction of sp³-hybridized carbons (Fsp3) is 0.235. The molecule has 0 fully saturated rings. The molecule has 0 aliphatic carbocycles. The zero-order chi connectivity index (χ0) is 16.9. The van der Waals surface area contributed by atoms with Gasteiger partial charge in [-0.25, -0.2) is 4.68 Å². The van der Waals surface area contributed by atoms with E-state index in [1.807, 2.05) is 31.2 Å². The number of hydrogen-bond acceptors (Lipinski definition) is 5. The third-order valence-electron chi connectivity index (χ3n) is 3.54. The predicted octanol–water partition coefficient (Wildman–Crippen LogP) is 2.25. The molecular formula is C17H18N4O3. The van der Waals surface area contributed by atoms with Gasteiger partial charge in [-0.3, -0.25) is 4.79 Å². The van der Waals surface area contributed by atoms with Crippen molar-refractivity contribution in [1.29, 1.82) is 0 Å². The van der Waals surface area contributed by atoms with Gasteiger partial charge >= 0.3 is 0 Å². The van der Waals surface area contributed by atoms with E-state index >= 15 is 0 Å². The Hall–Kier alpha value is -2.93. The Bertz CT molecular complexity index is 807. The van der Waals surface area contributed by atoms with Crippen LogP contribution in [0.15, 0.2) is 47.1 Å². The summed E-state index contributed by atoms with van der Waals surface area (Å²) >= 11 is 0. The third-order valence-corrected chi connectivity index (χ3v) is 3.54. The van der Waals surface area contributed by atoms with E-state index in [-0.39, 0.29) is 24.8 Å². The topological polar surface area (TPSA) is 82.2 Å². The second-order valence-electron chi connectivity index (χ2n) is 5.33. The highest BCUT2D eigenvalue weighted by Gasteiger charge is 2.20. The first-order chi connectivity index (χ1) is 11.7. The molecule has 124 valence electrons. The fourth-order valence-electron chi connectivity index (χ4n) is 2.30. The molecule has 2 heterocycles. The maximum Gasteiger partial charge on any atom is 0.274 e. The van der Waals surface area contributed by atoms with E-state index in [2.05, 4.69) is 15.6 Å². The van der Waals surface area contributed by atoms with Crippen LogP contribution in [0.2, 0.25) is 0 Å². The van der Waals surface area contributed by atoms with Crippen LogP contribution >= 0.6 is 0 Å². The van der Waals surface area contributed by atoms with Gasteiger partial charge in [-0.1, -0.05) is 22.9 Å². The number of nitrogens with one attached hydrogen (secondary N) is 1. The van der Waals surface area contributed by atoms with Gasteiger partial charge in [0, 0.05) is 7.11 Å². The van der Waals surface area contributed by atoms with Crippen molar-refractivity contribution in [2.75, 3.05) is 7.11 Å². The van der Waals surface area contributed by atoms with Crippen molar-refractivity contribution < 1.29 is 13.9 Å². The van der Waals surface area contributed by atoms with Gasteiger partial charge in [-0.05, 0) is 31.2 Å². The number of nitrogens with zero attached hydrogens (tertiary/aromatic N) is 3. The van der Waals surface area contributed by atoms with Crippen LogP contribution in [0.25, 0.3) is 5.69 Å². The highest BCUT2D eigenvalue weighted by atomic mass is 16.5. The highest BCUT2D eigenvalue weighted by Crippen LogP contribution is 2.15. The Kier molecular flexibility index (Phi) is 4.72. The summed E-state index contributed by atoms with van der Waals surface area (Å²) in [5.41, 5.74) is 2.80. The molecule has 0 saturated heterocycles. The largest absolute Gasteiger partial charge is 0.467 e. The van der Waals surface area contributed by atoms with Crippen LogP contribution < -0.4 is 5.32 Å². The van der Waals surface area contributed by atoms with Gasteiger partial charge in [0.25, 0.3) is 5.91 Å². The number of carbonyl (C=O) groups excluding carboxylic acids is 1. The van der Waals surface area contributed by atoms with E-state index in [1.54, 1.807) is 30.2 Å². The van der Waals surface area contributed by atoms with Crippen molar-refractivity contribution in [3.05, 3.63) is 65.4 Å². The molecule has 0 saturated carbocycles. The average molecular weight is 326 g/mol. The molecule has 2 aromatic heterocycles. The summed E-state index contributed by atoms with van der Waals surface area (Å²) in [6.07, 6.45) is 1.56. The molecule has 1 N–H and O–H groups in total. The Morgan fingerprint density at radius 3 is 2.75 bits per heavy atom. The first-order valence-electron chi connectivity index (χ1n) is 7.50. The van der Waals surface area contributed by atoms with Crippen LogP contribution in [0.1, 0.15) is 27.5 Å². The van der Waals surface area contributed by atoms with Crippen LogP contribution in [0.3, 0.4) is 0 Å². The number of rotatable bonds is 6. The maximum atomic E-state index is 12.4. The molecule has 0 spiro atoms. The lowest BCUT2D eigenvalue weighted by Crippen LogP contribution is -2.24. The molecule has 7 heteroatoms. The molecule has 24 heavy (non-hydrogen) atoms. The van der Waals surface area contributed by atoms with Crippen LogP contribution in [-0.2, 0) is 17.9 Å². The molecule has 0 atom stereocenters. The summed E-state index contributed by atoms with van der Waals surface area (Å²) in [6.45, 7) is 2.52. The Morgan fingerprint density at radius 2 is 2.08 bits per heavy atom. The molecule has 1 amide bonds. The maximum absolute atomic E-state index is 12.4. The standard InChI is InChI=1S/C17H18N4O3/c1-12-5-7-13(8-6-12)21-15(11-23-2)16(19-20-21)17(22)18-10-14-4-3-9-24-14/h3-9H,10-11H2,1-2H3,(H,18,22). The second-order valence-corrected chi connectivity index (χ2v) is 5.33. The first-order valence-corrected chi connectivity index (χ1v) is 7.50. The van der Waals surface area contributed by atoms with E-state index < -0.39 is 0 Å². The van der Waals surface area contributed by atoms with Crippen molar-refractivity contribution in [3.63, 3.8) is 0 Å². The third kappa shape index (κ3) is 3.36. The Balaban J connectivity index is 1.84. The minimum absolute atomic E-state index is 0.227. The second kappa shape index (κ2) is 7.10. The quantitative estimate of drug-likeness (QED) is 0.751. The fourth-order valence-corrected chi connectivity index (χ4v) is 2.30. The monoisotopic (exact) mass is 326 g/mol. The number of hydrogen-bond donors (Lipinski definition) is 1. The van der Waals surface area contributed by atoms with Crippen LogP contribution in [0, 0.1) is 6.92 Å². The molecular weight excluding hydrogens is 308 g/mol. The summed E-state index contributed by atoms with van der Waals surface area (Å²) in [5, 5.41) is 10.9. The van der Waals surface area contributed by atoms with Crippen LogP contribution in [0.4, 0.5) is 0 Å². The van der Waals surface area contributed by atoms with Crippen LogP contribution in [0.5, 0.6) is 0 Å². The predicted molar refractivity (Wildman–Crippen MR) is 86.7 cm³/mol. The van der Waals surface area contributed by atoms with Gasteiger partial charge in [0.05, 0.1) is 25.1 Å².